The Balaban J connectivity index is 2.52. The molecule has 0 bridgehead atoms. The van der Waals surface area contributed by atoms with Crippen molar-refractivity contribution in [3.05, 3.63) is 24.3 Å². The van der Waals surface area contributed by atoms with Crippen molar-refractivity contribution >= 4 is 24.0 Å². The summed E-state index contributed by atoms with van der Waals surface area (Å²) in [5.74, 6) is 0. The number of amides is 1. The number of nitrogens with zero attached hydrogens (tertiary/aromatic N) is 2. The van der Waals surface area contributed by atoms with Gasteiger partial charge in [0.2, 0.25) is 6.41 Å². The number of hydrogen-bond acceptors (Lipinski definition) is 2. The second-order valence-electron chi connectivity index (χ2n) is 2.56. The molecule has 0 aliphatic carbocycles. The molecule has 0 N–H and O–H groups in total. The number of carbonyl (C=O) groups excluding carboxylic acids is 1. The molecule has 1 aromatic rings. The van der Waals surface area contributed by atoms with Crippen LogP contribution in [0, 0.1) is 0 Å². The third-order valence-corrected chi connectivity index (χ3v) is 1.83. The Morgan fingerprint density at radius 1 is 1.42 bits per heavy atom. The molecule has 1 aromatic carbocycles. The number of rotatable bonds is 1. The molecule has 1 heterocycles. The number of para-hydroxylation sites is 2. The van der Waals surface area contributed by atoms with Gasteiger partial charge in [-0.3, -0.25) is 9.79 Å². The van der Waals surface area contributed by atoms with Crippen LogP contribution in [0.25, 0.3) is 0 Å². The van der Waals surface area contributed by atoms with Crippen LogP contribution in [0.15, 0.2) is 29.3 Å². The summed E-state index contributed by atoms with van der Waals surface area (Å²) in [5, 5.41) is 0. The molecule has 1 aliphatic rings. The lowest BCUT2D eigenvalue weighted by molar-refractivity contribution is -0.107. The first-order valence-corrected chi connectivity index (χ1v) is 3.75. The summed E-state index contributed by atoms with van der Waals surface area (Å²) < 4.78 is 0. The highest BCUT2D eigenvalue weighted by Gasteiger charge is 2.11. The van der Waals surface area contributed by atoms with E-state index in [0.29, 0.717) is 6.54 Å². The fourth-order valence-corrected chi connectivity index (χ4v) is 1.24. The van der Waals surface area contributed by atoms with Crippen LogP contribution in [0.2, 0.25) is 0 Å². The van der Waals surface area contributed by atoms with Gasteiger partial charge in [0, 0.05) is 6.21 Å². The maximum absolute atomic E-state index is 10.6. The summed E-state index contributed by atoms with van der Waals surface area (Å²) in [4.78, 5) is 16.4. The minimum Gasteiger partial charge on any atom is -0.308 e. The molecule has 0 atom stereocenters. The zero-order valence-electron chi connectivity index (χ0n) is 6.47. The molecule has 60 valence electrons. The molecule has 3 heteroatoms. The van der Waals surface area contributed by atoms with E-state index in [-0.39, 0.29) is 0 Å². The zero-order chi connectivity index (χ0) is 8.39. The summed E-state index contributed by atoms with van der Waals surface area (Å²) in [7, 11) is 0. The Kier molecular flexibility index (Phi) is 1.63. The van der Waals surface area contributed by atoms with E-state index < -0.39 is 0 Å². The standard InChI is InChI=1S/C9H8N2O/c12-7-11-6-5-10-8-3-1-2-4-9(8)11/h1-5,7H,6H2. The van der Waals surface area contributed by atoms with Gasteiger partial charge >= 0.3 is 0 Å². The zero-order valence-corrected chi connectivity index (χ0v) is 6.47. The average molecular weight is 160 g/mol. The van der Waals surface area contributed by atoms with Gasteiger partial charge in [-0.1, -0.05) is 12.1 Å². The van der Waals surface area contributed by atoms with Crippen LogP contribution >= 0.6 is 0 Å². The molecule has 3 nitrogen and oxygen atoms in total. The van der Waals surface area contributed by atoms with Gasteiger partial charge in [0.05, 0.1) is 17.9 Å². The van der Waals surface area contributed by atoms with Gasteiger partial charge in [-0.05, 0) is 12.1 Å². The molecule has 0 radical (unpaired) electrons. The van der Waals surface area contributed by atoms with Crippen LogP contribution < -0.4 is 4.90 Å². The number of benzene rings is 1. The van der Waals surface area contributed by atoms with Crippen molar-refractivity contribution in [2.24, 2.45) is 4.99 Å². The molecule has 0 aromatic heterocycles. The second kappa shape index (κ2) is 2.77. The van der Waals surface area contributed by atoms with Gasteiger partial charge < -0.3 is 4.90 Å². The first-order valence-electron chi connectivity index (χ1n) is 3.75. The molecule has 2 rings (SSSR count). The summed E-state index contributed by atoms with van der Waals surface area (Å²) in [5.41, 5.74) is 1.74. The Hall–Kier alpha value is -1.64. The van der Waals surface area contributed by atoms with Gasteiger partial charge in [0.25, 0.3) is 0 Å². The summed E-state index contributed by atoms with van der Waals surface area (Å²) in [6.45, 7) is 0.570. The van der Waals surface area contributed by atoms with E-state index >= 15 is 0 Å². The SMILES string of the molecule is O=CN1CC=Nc2ccccc21. The van der Waals surface area contributed by atoms with Gasteiger partial charge in [-0.2, -0.15) is 0 Å². The van der Waals surface area contributed by atoms with Crippen molar-refractivity contribution in [2.45, 2.75) is 0 Å². The van der Waals surface area contributed by atoms with Crippen molar-refractivity contribution < 1.29 is 4.79 Å². The maximum Gasteiger partial charge on any atom is 0.214 e. The molecule has 0 saturated carbocycles. The molecule has 12 heavy (non-hydrogen) atoms. The first-order chi connectivity index (χ1) is 5.92. The van der Waals surface area contributed by atoms with Crippen molar-refractivity contribution in [2.75, 3.05) is 11.4 Å². The number of anilines is 1. The first kappa shape index (κ1) is 7.03. The van der Waals surface area contributed by atoms with Gasteiger partial charge in [-0.25, -0.2) is 0 Å². The van der Waals surface area contributed by atoms with Crippen molar-refractivity contribution in [1.29, 1.82) is 0 Å². The molecular weight excluding hydrogens is 152 g/mol. The predicted molar refractivity (Wildman–Crippen MR) is 48.0 cm³/mol. The third-order valence-electron chi connectivity index (χ3n) is 1.83. The van der Waals surface area contributed by atoms with Crippen LogP contribution in [0.4, 0.5) is 11.4 Å². The van der Waals surface area contributed by atoms with Crippen molar-refractivity contribution in [3.63, 3.8) is 0 Å². The molecule has 1 aliphatic heterocycles. The van der Waals surface area contributed by atoms with Crippen LogP contribution in [0.3, 0.4) is 0 Å². The quantitative estimate of drug-likeness (QED) is 0.571. The summed E-state index contributed by atoms with van der Waals surface area (Å²) in [6.07, 6.45) is 2.56. The van der Waals surface area contributed by atoms with Crippen LogP contribution in [-0.2, 0) is 4.79 Å². The van der Waals surface area contributed by atoms with E-state index in [1.165, 1.54) is 0 Å². The summed E-state index contributed by atoms with van der Waals surface area (Å²) >= 11 is 0. The topological polar surface area (TPSA) is 32.7 Å². The van der Waals surface area contributed by atoms with E-state index in [1.54, 1.807) is 11.1 Å². The smallest absolute Gasteiger partial charge is 0.214 e. The predicted octanol–water partition coefficient (Wildman–Crippen LogP) is 1.37. The van der Waals surface area contributed by atoms with Gasteiger partial charge in [0.1, 0.15) is 0 Å². The highest BCUT2D eigenvalue weighted by Crippen LogP contribution is 2.28. The fourth-order valence-electron chi connectivity index (χ4n) is 1.24. The maximum atomic E-state index is 10.6. The van der Waals surface area contributed by atoms with E-state index in [9.17, 15) is 4.79 Å². The largest absolute Gasteiger partial charge is 0.308 e. The van der Waals surface area contributed by atoms with E-state index in [1.807, 2.05) is 24.3 Å². The minimum absolute atomic E-state index is 0.570. The molecule has 1 amide bonds. The van der Waals surface area contributed by atoms with E-state index in [2.05, 4.69) is 4.99 Å². The van der Waals surface area contributed by atoms with Crippen molar-refractivity contribution in [1.82, 2.24) is 0 Å². The normalized spacial score (nSPS) is 14.2. The molecule has 0 unspecified atom stereocenters. The lowest BCUT2D eigenvalue weighted by atomic mass is 10.2. The van der Waals surface area contributed by atoms with E-state index in [4.69, 9.17) is 0 Å². The molecule has 0 saturated heterocycles. The Morgan fingerprint density at radius 2 is 2.25 bits per heavy atom. The number of carbonyl (C=O) groups is 1. The lowest BCUT2D eigenvalue weighted by Crippen LogP contribution is -2.25. The average Bonchev–Trinajstić information content (AvgIpc) is 2.17. The van der Waals surface area contributed by atoms with Crippen LogP contribution in [0.1, 0.15) is 0 Å². The van der Waals surface area contributed by atoms with Gasteiger partial charge in [-0.15, -0.1) is 0 Å². The number of fused-ring (bicyclic) bond motifs is 1. The Bertz CT molecular complexity index is 333. The van der Waals surface area contributed by atoms with Gasteiger partial charge in [0.15, 0.2) is 0 Å². The van der Waals surface area contributed by atoms with Crippen molar-refractivity contribution in [3.8, 4) is 0 Å². The highest BCUT2D eigenvalue weighted by atomic mass is 16.1. The van der Waals surface area contributed by atoms with Crippen LogP contribution in [-0.4, -0.2) is 19.2 Å². The Labute approximate surface area is 70.3 Å². The Morgan fingerprint density at radius 3 is 3.08 bits per heavy atom. The molecule has 0 fully saturated rings. The number of hydrogen-bond donors (Lipinski definition) is 0. The minimum atomic E-state index is 0.570. The lowest BCUT2D eigenvalue weighted by Gasteiger charge is -2.20. The summed E-state index contributed by atoms with van der Waals surface area (Å²) in [6, 6.07) is 7.59. The third kappa shape index (κ3) is 0.993. The monoisotopic (exact) mass is 160 g/mol. The highest BCUT2D eigenvalue weighted by molar-refractivity contribution is 5.91. The molecular formula is C9H8N2O. The number of aliphatic imine (C=N–C) groups is 1. The van der Waals surface area contributed by atoms with Crippen LogP contribution in [0.5, 0.6) is 0 Å². The fraction of sp³-hybridized carbons (Fsp3) is 0.111. The molecule has 0 spiro atoms. The second-order valence-corrected chi connectivity index (χ2v) is 2.56. The van der Waals surface area contributed by atoms with E-state index in [0.717, 1.165) is 17.8 Å².